The molecule has 3 aromatic rings. The summed E-state index contributed by atoms with van der Waals surface area (Å²) in [6.07, 6.45) is 2.74. The van der Waals surface area contributed by atoms with Crippen LogP contribution in [-0.4, -0.2) is 48.1 Å². The highest BCUT2D eigenvalue weighted by molar-refractivity contribution is 9.10. The Hall–Kier alpha value is -3.41. The number of benzene rings is 2. The van der Waals surface area contributed by atoms with Gasteiger partial charge in [0.15, 0.2) is 0 Å². The molecule has 186 valence electrons. The van der Waals surface area contributed by atoms with Crippen molar-refractivity contribution in [3.8, 4) is 0 Å². The van der Waals surface area contributed by atoms with Gasteiger partial charge in [-0.3, -0.25) is 14.6 Å². The predicted molar refractivity (Wildman–Crippen MR) is 134 cm³/mol. The lowest BCUT2D eigenvalue weighted by Gasteiger charge is -2.27. The minimum absolute atomic E-state index is 0.00733. The van der Waals surface area contributed by atoms with Crippen molar-refractivity contribution >= 4 is 49.4 Å². The Morgan fingerprint density at radius 1 is 1.11 bits per heavy atom. The van der Waals surface area contributed by atoms with Crippen molar-refractivity contribution < 1.29 is 27.5 Å². The quantitative estimate of drug-likeness (QED) is 0.300. The Kier molecular flexibility index (Phi) is 7.62. The summed E-state index contributed by atoms with van der Waals surface area (Å²) in [4.78, 5) is 43.4. The molecule has 1 unspecified atom stereocenters. The second-order valence-corrected chi connectivity index (χ2v) is 10.7. The van der Waals surface area contributed by atoms with Gasteiger partial charge in [0.05, 0.1) is 29.2 Å². The number of hydrogen-bond acceptors (Lipinski definition) is 7. The summed E-state index contributed by atoms with van der Waals surface area (Å²) in [7, 11) is -4.16. The summed E-state index contributed by atoms with van der Waals surface area (Å²) in [5.41, 5.74) is 1.07. The fourth-order valence-electron chi connectivity index (χ4n) is 3.85. The van der Waals surface area contributed by atoms with Gasteiger partial charge in [-0.25, -0.2) is 18.1 Å². The third-order valence-corrected chi connectivity index (χ3v) is 7.99. The van der Waals surface area contributed by atoms with Gasteiger partial charge in [0.25, 0.3) is 5.91 Å². The molecule has 2 heterocycles. The Bertz CT molecular complexity index is 1380. The molecule has 1 fully saturated rings. The number of ether oxygens (including phenoxy) is 1. The number of hydrogen-bond donors (Lipinski definition) is 0. The van der Waals surface area contributed by atoms with Crippen molar-refractivity contribution in [2.75, 3.05) is 11.5 Å². The van der Waals surface area contributed by atoms with Crippen molar-refractivity contribution in [1.82, 2.24) is 9.29 Å². The van der Waals surface area contributed by atoms with E-state index in [1.54, 1.807) is 37.4 Å². The highest BCUT2D eigenvalue weighted by atomic mass is 79.9. The molecule has 1 atom stereocenters. The number of carbonyl (C=O) groups excluding carboxylic acids is 3. The smallest absolute Gasteiger partial charge is 0.338 e. The van der Waals surface area contributed by atoms with Crippen LogP contribution in [0, 0.1) is 0 Å². The molecule has 4 rings (SSSR count). The highest BCUT2D eigenvalue weighted by Gasteiger charge is 2.47. The first kappa shape index (κ1) is 25.7. The van der Waals surface area contributed by atoms with Crippen molar-refractivity contribution in [2.45, 2.75) is 30.8 Å². The van der Waals surface area contributed by atoms with E-state index in [-0.39, 0.29) is 35.7 Å². The molecular formula is C25H22BrN3O6S. The number of pyridine rings is 1. The van der Waals surface area contributed by atoms with E-state index < -0.39 is 33.8 Å². The maximum atomic E-state index is 13.7. The summed E-state index contributed by atoms with van der Waals surface area (Å²) in [6, 6.07) is 14.0. The van der Waals surface area contributed by atoms with Crippen LogP contribution in [0.15, 0.2) is 82.4 Å². The molecular weight excluding hydrogens is 550 g/mol. The summed E-state index contributed by atoms with van der Waals surface area (Å²) in [6.45, 7) is 1.75. The molecule has 2 aromatic carbocycles. The molecule has 1 aliphatic rings. The van der Waals surface area contributed by atoms with Gasteiger partial charge in [0.1, 0.15) is 6.04 Å². The molecule has 0 radical (unpaired) electrons. The second-order valence-electron chi connectivity index (χ2n) is 7.92. The van der Waals surface area contributed by atoms with Crippen LogP contribution in [0.1, 0.15) is 29.3 Å². The van der Waals surface area contributed by atoms with E-state index in [2.05, 4.69) is 20.9 Å². The summed E-state index contributed by atoms with van der Waals surface area (Å²) < 4.78 is 34.0. The maximum absolute atomic E-state index is 13.7. The van der Waals surface area contributed by atoms with Crippen molar-refractivity contribution in [3.63, 3.8) is 0 Å². The fourth-order valence-corrected chi connectivity index (χ4v) is 5.68. The average Bonchev–Trinajstić information content (AvgIpc) is 3.16. The van der Waals surface area contributed by atoms with Crippen LogP contribution >= 0.6 is 15.9 Å². The van der Waals surface area contributed by atoms with E-state index in [4.69, 9.17) is 4.74 Å². The van der Waals surface area contributed by atoms with E-state index in [1.807, 2.05) is 0 Å². The molecule has 1 aliphatic heterocycles. The number of rotatable bonds is 8. The van der Waals surface area contributed by atoms with Crippen LogP contribution < -0.4 is 4.90 Å². The van der Waals surface area contributed by atoms with E-state index in [0.717, 1.165) is 9.21 Å². The Balaban J connectivity index is 1.68. The summed E-state index contributed by atoms with van der Waals surface area (Å²) >= 11 is 3.29. The first-order valence-corrected chi connectivity index (χ1v) is 13.3. The molecule has 1 saturated heterocycles. The van der Waals surface area contributed by atoms with Gasteiger partial charge in [0, 0.05) is 23.4 Å². The maximum Gasteiger partial charge on any atom is 0.338 e. The molecule has 0 bridgehead atoms. The van der Waals surface area contributed by atoms with Crippen LogP contribution in [0.3, 0.4) is 0 Å². The van der Waals surface area contributed by atoms with Gasteiger partial charge in [-0.2, -0.15) is 4.31 Å². The van der Waals surface area contributed by atoms with Crippen molar-refractivity contribution in [1.29, 1.82) is 0 Å². The lowest BCUT2D eigenvalue weighted by Crippen LogP contribution is -2.45. The molecule has 1 aromatic heterocycles. The topological polar surface area (TPSA) is 114 Å². The number of esters is 1. The minimum Gasteiger partial charge on any atom is -0.462 e. The number of nitrogens with zero attached hydrogens (tertiary/aromatic N) is 3. The summed E-state index contributed by atoms with van der Waals surface area (Å²) in [5, 5.41) is 0. The van der Waals surface area contributed by atoms with Gasteiger partial charge in [0.2, 0.25) is 15.9 Å². The molecule has 2 amide bonds. The minimum atomic E-state index is -4.16. The first-order valence-electron chi connectivity index (χ1n) is 11.0. The van der Waals surface area contributed by atoms with Gasteiger partial charge in [-0.15, -0.1) is 0 Å². The van der Waals surface area contributed by atoms with Crippen LogP contribution in [0.5, 0.6) is 0 Å². The fraction of sp³-hybridized carbons (Fsp3) is 0.200. The van der Waals surface area contributed by atoms with Gasteiger partial charge in [-0.05, 0) is 67.1 Å². The number of anilines is 1. The molecule has 0 aliphatic carbocycles. The van der Waals surface area contributed by atoms with Gasteiger partial charge in [-0.1, -0.05) is 22.0 Å². The molecule has 0 spiro atoms. The van der Waals surface area contributed by atoms with Crippen LogP contribution in [0.4, 0.5) is 5.69 Å². The lowest BCUT2D eigenvalue weighted by atomic mass is 10.2. The van der Waals surface area contributed by atoms with E-state index in [1.165, 1.54) is 42.6 Å². The average molecular weight is 572 g/mol. The van der Waals surface area contributed by atoms with Crippen LogP contribution in [0.25, 0.3) is 0 Å². The van der Waals surface area contributed by atoms with E-state index in [0.29, 0.717) is 10.0 Å². The van der Waals surface area contributed by atoms with Gasteiger partial charge >= 0.3 is 5.97 Å². The van der Waals surface area contributed by atoms with Crippen molar-refractivity contribution in [3.05, 3.63) is 88.7 Å². The number of amides is 2. The Morgan fingerprint density at radius 2 is 1.81 bits per heavy atom. The zero-order valence-corrected chi connectivity index (χ0v) is 21.6. The molecule has 11 heteroatoms. The zero-order valence-electron chi connectivity index (χ0n) is 19.2. The number of sulfonamides is 1. The third kappa shape index (κ3) is 5.23. The zero-order chi connectivity index (χ0) is 25.9. The number of halogens is 1. The second kappa shape index (κ2) is 10.7. The summed E-state index contributed by atoms with van der Waals surface area (Å²) in [5.74, 6) is -1.74. The monoisotopic (exact) mass is 571 g/mol. The third-order valence-electron chi connectivity index (χ3n) is 5.59. The normalized spacial score (nSPS) is 16.0. The first-order chi connectivity index (χ1) is 17.2. The molecule has 9 nitrogen and oxygen atoms in total. The van der Waals surface area contributed by atoms with E-state index in [9.17, 15) is 22.8 Å². The number of aromatic nitrogens is 1. The standard InChI is InChI=1S/C25H22BrN3O6S/c1-2-35-25(32)18-5-9-20(10-6-18)29-23(30)14-22(24(29)31)28(16-17-4-3-13-27-15-17)36(33,34)21-11-7-19(26)8-12-21/h3-13,15,22H,2,14,16H2,1H3. The number of imide groups is 1. The lowest BCUT2D eigenvalue weighted by molar-refractivity contribution is -0.122. The van der Waals surface area contributed by atoms with Crippen molar-refractivity contribution in [2.24, 2.45) is 0 Å². The van der Waals surface area contributed by atoms with E-state index >= 15 is 0 Å². The number of carbonyl (C=O) groups is 3. The molecule has 36 heavy (non-hydrogen) atoms. The van der Waals surface area contributed by atoms with Crippen LogP contribution in [-0.2, 0) is 30.9 Å². The largest absolute Gasteiger partial charge is 0.462 e. The Morgan fingerprint density at radius 3 is 2.42 bits per heavy atom. The SMILES string of the molecule is CCOC(=O)c1ccc(N2C(=O)CC(N(Cc3cccnc3)S(=O)(=O)c3ccc(Br)cc3)C2=O)cc1. The van der Waals surface area contributed by atoms with Crippen LogP contribution in [0.2, 0.25) is 0 Å². The molecule has 0 N–H and O–H groups in total. The molecule has 0 saturated carbocycles. The Labute approximate surface area is 216 Å². The van der Waals surface area contributed by atoms with Gasteiger partial charge < -0.3 is 4.74 Å². The predicted octanol–water partition coefficient (Wildman–Crippen LogP) is 3.54. The highest BCUT2D eigenvalue weighted by Crippen LogP contribution is 2.31.